The number of esters is 1. The van der Waals surface area contributed by atoms with Gasteiger partial charge in [-0.15, -0.1) is 0 Å². The Balaban J connectivity index is 1.59. The van der Waals surface area contributed by atoms with Gasteiger partial charge in [-0.2, -0.15) is 0 Å². The minimum absolute atomic E-state index is 0.00405. The molecule has 5 unspecified atom stereocenters. The summed E-state index contributed by atoms with van der Waals surface area (Å²) in [7, 11) is 0. The van der Waals surface area contributed by atoms with E-state index in [1.54, 1.807) is 39.2 Å². The van der Waals surface area contributed by atoms with Crippen LogP contribution in [0.4, 0.5) is 5.69 Å². The van der Waals surface area contributed by atoms with Crippen molar-refractivity contribution in [3.63, 3.8) is 0 Å². The zero-order valence-corrected chi connectivity index (χ0v) is 25.6. The Labute approximate surface area is 261 Å². The number of carbonyl (C=O) groups excluding carboxylic acids is 1. The highest BCUT2D eigenvalue weighted by atomic mass is 16.6. The summed E-state index contributed by atoms with van der Waals surface area (Å²) in [6.45, 7) is 5.87. The minimum atomic E-state index is -1.88. The van der Waals surface area contributed by atoms with Gasteiger partial charge in [0, 0.05) is 47.6 Å². The molecule has 2 aromatic carbocycles. The third-order valence-corrected chi connectivity index (χ3v) is 9.16. The van der Waals surface area contributed by atoms with E-state index in [9.17, 15) is 34.7 Å². The second kappa shape index (κ2) is 13.4. The SMILES string of the molecule is CC(=Cc1ccc(Cc2cccnc2)cc1)C(=O)OCCC1(C(=O)O)C(C)NC(C)C(C)(C(=O)O)C1c1ccccc1[N+](=O)[O-]. The van der Waals surface area contributed by atoms with Crippen molar-refractivity contribution >= 4 is 29.7 Å². The maximum absolute atomic E-state index is 13.2. The molecule has 45 heavy (non-hydrogen) atoms. The molecule has 2 heterocycles. The zero-order chi connectivity index (χ0) is 32.9. The van der Waals surface area contributed by atoms with Crippen molar-refractivity contribution in [1.82, 2.24) is 10.3 Å². The first-order valence-corrected chi connectivity index (χ1v) is 14.6. The lowest BCUT2D eigenvalue weighted by molar-refractivity contribution is -0.386. The number of hydrogen-bond donors (Lipinski definition) is 3. The molecule has 1 aliphatic rings. The van der Waals surface area contributed by atoms with Gasteiger partial charge in [0.05, 0.1) is 22.4 Å². The van der Waals surface area contributed by atoms with E-state index in [1.165, 1.54) is 31.2 Å². The summed E-state index contributed by atoms with van der Waals surface area (Å²) < 4.78 is 5.54. The lowest BCUT2D eigenvalue weighted by Crippen LogP contribution is -2.69. The normalized spacial score (nSPS) is 24.9. The highest BCUT2D eigenvalue weighted by Gasteiger charge is 2.66. The predicted molar refractivity (Wildman–Crippen MR) is 166 cm³/mol. The van der Waals surface area contributed by atoms with Gasteiger partial charge in [-0.25, -0.2) is 4.79 Å². The Morgan fingerprint density at radius 1 is 1.00 bits per heavy atom. The Morgan fingerprint density at radius 3 is 2.29 bits per heavy atom. The average molecular weight is 616 g/mol. The van der Waals surface area contributed by atoms with E-state index in [0.717, 1.165) is 16.7 Å². The molecule has 1 fully saturated rings. The van der Waals surface area contributed by atoms with Crippen LogP contribution < -0.4 is 5.32 Å². The molecule has 1 saturated heterocycles. The lowest BCUT2D eigenvalue weighted by atomic mass is 9.51. The van der Waals surface area contributed by atoms with Gasteiger partial charge in [-0.1, -0.05) is 48.5 Å². The summed E-state index contributed by atoms with van der Waals surface area (Å²) in [6.07, 6.45) is 5.61. The molecule has 3 N–H and O–H groups in total. The predicted octanol–water partition coefficient (Wildman–Crippen LogP) is 5.24. The number of rotatable bonds is 11. The number of nitrogens with one attached hydrogen (secondary N) is 1. The van der Waals surface area contributed by atoms with Crippen LogP contribution in [-0.4, -0.2) is 56.7 Å². The van der Waals surface area contributed by atoms with Crippen molar-refractivity contribution in [2.24, 2.45) is 10.8 Å². The third-order valence-electron chi connectivity index (χ3n) is 9.16. The molecule has 0 amide bonds. The maximum Gasteiger partial charge on any atom is 0.333 e. The smallest absolute Gasteiger partial charge is 0.333 e. The molecule has 11 heteroatoms. The molecule has 4 rings (SSSR count). The number of carbonyl (C=O) groups is 3. The standard InChI is InChI=1S/C34H37N3O8/c1-21(18-24-11-13-25(14-12-24)19-26-8-7-16-35-20-26)30(38)45-17-15-34(32(41)42)23(3)36-22(2)33(4,31(39)40)29(34)27-9-5-6-10-28(27)37(43)44/h5-14,16,18,20,22-23,29,36H,15,17,19H2,1-4H3,(H,39,40)(H,41,42). The van der Waals surface area contributed by atoms with Crippen LogP contribution in [0.5, 0.6) is 0 Å². The quantitative estimate of drug-likeness (QED) is 0.112. The van der Waals surface area contributed by atoms with E-state index < -0.39 is 51.7 Å². The molecular formula is C34H37N3O8. The Bertz CT molecular complexity index is 1610. The van der Waals surface area contributed by atoms with Gasteiger partial charge in [0.1, 0.15) is 0 Å². The minimum Gasteiger partial charge on any atom is -0.481 e. The number of aromatic nitrogens is 1. The fourth-order valence-corrected chi connectivity index (χ4v) is 6.52. The number of aliphatic carboxylic acids is 2. The molecule has 11 nitrogen and oxygen atoms in total. The number of benzene rings is 2. The number of nitrogens with zero attached hydrogens (tertiary/aromatic N) is 2. The molecule has 0 spiro atoms. The molecule has 236 valence electrons. The number of piperidine rings is 1. The van der Waals surface area contributed by atoms with Crippen LogP contribution in [-0.2, 0) is 25.5 Å². The van der Waals surface area contributed by atoms with E-state index >= 15 is 0 Å². The van der Waals surface area contributed by atoms with Crippen molar-refractivity contribution in [3.8, 4) is 0 Å². The van der Waals surface area contributed by atoms with E-state index in [4.69, 9.17) is 4.74 Å². The first kappa shape index (κ1) is 33.0. The summed E-state index contributed by atoms with van der Waals surface area (Å²) in [5.74, 6) is -4.65. The van der Waals surface area contributed by atoms with Gasteiger partial charge in [-0.05, 0) is 69.4 Å². The second-order valence-electron chi connectivity index (χ2n) is 11.8. The molecule has 3 aromatic rings. The molecular weight excluding hydrogens is 578 g/mol. The summed E-state index contributed by atoms with van der Waals surface area (Å²) in [5, 5.41) is 36.3. The van der Waals surface area contributed by atoms with Crippen LogP contribution in [0.1, 0.15) is 62.3 Å². The molecule has 1 aliphatic heterocycles. The number of hydrogen-bond acceptors (Lipinski definition) is 8. The van der Waals surface area contributed by atoms with E-state index in [2.05, 4.69) is 10.3 Å². The monoisotopic (exact) mass is 615 g/mol. The highest BCUT2D eigenvalue weighted by Crippen LogP contribution is 2.58. The number of carboxylic acid groups (broad SMARTS) is 2. The second-order valence-corrected chi connectivity index (χ2v) is 11.8. The van der Waals surface area contributed by atoms with Crippen LogP contribution in [0, 0.1) is 20.9 Å². The van der Waals surface area contributed by atoms with Crippen molar-refractivity contribution in [1.29, 1.82) is 0 Å². The molecule has 0 aliphatic carbocycles. The summed E-state index contributed by atoms with van der Waals surface area (Å²) >= 11 is 0. The lowest BCUT2D eigenvalue weighted by Gasteiger charge is -2.55. The number of pyridine rings is 1. The number of para-hydroxylation sites is 1. The van der Waals surface area contributed by atoms with Crippen molar-refractivity contribution in [2.75, 3.05) is 6.61 Å². The topological polar surface area (TPSA) is 169 Å². The summed E-state index contributed by atoms with van der Waals surface area (Å²) in [4.78, 5) is 54.5. The fraction of sp³-hybridized carbons (Fsp3) is 0.353. The first-order valence-electron chi connectivity index (χ1n) is 14.6. The maximum atomic E-state index is 13.2. The van der Waals surface area contributed by atoms with Gasteiger partial charge in [-0.3, -0.25) is 24.7 Å². The number of nitro groups is 1. The molecule has 1 aromatic heterocycles. The van der Waals surface area contributed by atoms with Gasteiger partial charge >= 0.3 is 17.9 Å². The molecule has 0 saturated carbocycles. The largest absolute Gasteiger partial charge is 0.481 e. The number of ether oxygens (including phenoxy) is 1. The molecule has 0 radical (unpaired) electrons. The molecule has 5 atom stereocenters. The zero-order valence-electron chi connectivity index (χ0n) is 25.6. The van der Waals surface area contributed by atoms with E-state index in [0.29, 0.717) is 6.42 Å². The van der Waals surface area contributed by atoms with Crippen LogP contribution in [0.15, 0.2) is 78.6 Å². The van der Waals surface area contributed by atoms with Crippen LogP contribution in [0.3, 0.4) is 0 Å². The Morgan fingerprint density at radius 2 is 1.69 bits per heavy atom. The van der Waals surface area contributed by atoms with Gasteiger partial charge in [0.15, 0.2) is 0 Å². The fourth-order valence-electron chi connectivity index (χ4n) is 6.52. The van der Waals surface area contributed by atoms with Gasteiger partial charge in [0.25, 0.3) is 5.69 Å². The van der Waals surface area contributed by atoms with Crippen molar-refractivity contribution in [3.05, 3.63) is 111 Å². The van der Waals surface area contributed by atoms with Crippen LogP contribution in [0.2, 0.25) is 0 Å². The van der Waals surface area contributed by atoms with Gasteiger partial charge in [0.2, 0.25) is 0 Å². The average Bonchev–Trinajstić information content (AvgIpc) is 3.00. The van der Waals surface area contributed by atoms with Gasteiger partial charge < -0.3 is 20.3 Å². The van der Waals surface area contributed by atoms with Crippen molar-refractivity contribution in [2.45, 2.75) is 58.5 Å². The summed E-state index contributed by atoms with van der Waals surface area (Å²) in [5.41, 5.74) is -0.806. The van der Waals surface area contributed by atoms with Crippen LogP contribution in [0.25, 0.3) is 6.08 Å². The first-order chi connectivity index (χ1) is 21.3. The number of nitro benzene ring substituents is 1. The van der Waals surface area contributed by atoms with Crippen molar-refractivity contribution < 1.29 is 34.3 Å². The summed E-state index contributed by atoms with van der Waals surface area (Å²) in [6, 6.07) is 15.6. The van der Waals surface area contributed by atoms with E-state index in [1.807, 2.05) is 36.4 Å². The third kappa shape index (κ3) is 6.48. The number of carboxylic acids is 2. The molecule has 0 bridgehead atoms. The highest BCUT2D eigenvalue weighted by molar-refractivity contribution is 5.93. The Hall–Kier alpha value is -4.90. The Kier molecular flexibility index (Phi) is 9.82. The van der Waals surface area contributed by atoms with Crippen LogP contribution >= 0.6 is 0 Å². The van der Waals surface area contributed by atoms with E-state index in [-0.39, 0.29) is 29.9 Å².